The van der Waals surface area contributed by atoms with Crippen LogP contribution in [0.1, 0.15) is 11.1 Å². The highest BCUT2D eigenvalue weighted by Crippen LogP contribution is 2.31. The second-order valence-corrected chi connectivity index (χ2v) is 11.1. The van der Waals surface area contributed by atoms with Crippen molar-refractivity contribution in [3.8, 4) is 28.6 Å². The van der Waals surface area contributed by atoms with Crippen molar-refractivity contribution < 1.29 is 19.0 Å². The van der Waals surface area contributed by atoms with Crippen LogP contribution in [-0.4, -0.2) is 37.0 Å². The van der Waals surface area contributed by atoms with Gasteiger partial charge in [-0.1, -0.05) is 72.8 Å². The molecule has 4 aromatic carbocycles. The molecule has 0 saturated carbocycles. The largest absolute Gasteiger partial charge is 0.473 e. The molecule has 7 aromatic rings. The van der Waals surface area contributed by atoms with Gasteiger partial charge in [-0.05, 0) is 52.6 Å². The Balaban J connectivity index is 1.25. The zero-order valence-electron chi connectivity index (χ0n) is 25.9. The number of rotatable bonds is 10. The molecule has 0 saturated heterocycles. The smallest absolute Gasteiger partial charge is 0.333 e. The molecule has 0 aliphatic carbocycles. The molecular weight excluding hydrogens is 594 g/mol. The highest BCUT2D eigenvalue weighted by molar-refractivity contribution is 5.89. The number of hydrogen-bond donors (Lipinski definition) is 0. The number of imidazole rings is 1. The molecule has 10 heteroatoms. The Morgan fingerprint density at radius 2 is 1.40 bits per heavy atom. The number of hydrogen-bond acceptors (Lipinski definition) is 7. The fourth-order valence-electron chi connectivity index (χ4n) is 5.56. The van der Waals surface area contributed by atoms with E-state index in [9.17, 15) is 9.59 Å². The summed E-state index contributed by atoms with van der Waals surface area (Å²) in [4.78, 5) is 30.3. The first-order valence-corrected chi connectivity index (χ1v) is 15.1. The van der Waals surface area contributed by atoms with Gasteiger partial charge in [-0.25, -0.2) is 4.79 Å². The third-order valence-corrected chi connectivity index (χ3v) is 8.04. The van der Waals surface area contributed by atoms with Crippen molar-refractivity contribution in [1.82, 2.24) is 23.9 Å². The lowest BCUT2D eigenvalue weighted by Crippen LogP contribution is -2.21. The van der Waals surface area contributed by atoms with E-state index in [1.54, 1.807) is 33.1 Å². The number of aryl methyl sites for hydroxylation is 1. The number of carbonyl (C=O) groups is 1. The molecule has 47 heavy (non-hydrogen) atoms. The first-order chi connectivity index (χ1) is 23.0. The van der Waals surface area contributed by atoms with Crippen LogP contribution in [0.5, 0.6) is 11.8 Å². The lowest BCUT2D eigenvalue weighted by molar-refractivity contribution is -0.141. The van der Waals surface area contributed by atoms with Crippen molar-refractivity contribution in [2.75, 3.05) is 7.11 Å². The number of aromatic nitrogens is 5. The normalized spacial score (nSPS) is 11.2. The summed E-state index contributed by atoms with van der Waals surface area (Å²) in [6.07, 6.45) is 1.73. The van der Waals surface area contributed by atoms with Crippen LogP contribution in [0.2, 0.25) is 0 Å². The van der Waals surface area contributed by atoms with E-state index in [0.29, 0.717) is 23.7 Å². The summed E-state index contributed by atoms with van der Waals surface area (Å²) in [6, 6.07) is 35.0. The SMILES string of the molecule is COC(=O)Cn1ncc2cc(-c3ccc4c(c3)n(C)c(=O)n4-c3ccc(OCc4ccccc4)nc3OCc3ccccc3)ccc21. The standard InChI is InChI=1S/C37H31N5O5/c1-40-33-20-28(27-13-15-30-29(19-27)21-38-41(30)22-35(43)45-2)14-16-31(33)42(37(40)44)32-17-18-34(46-23-25-9-5-3-6-10-25)39-36(32)47-24-26-11-7-4-8-12-26/h3-21H,22-24H2,1-2H3. The molecule has 3 heterocycles. The topological polar surface area (TPSA) is 102 Å². The van der Waals surface area contributed by atoms with Gasteiger partial charge in [-0.3, -0.25) is 18.6 Å². The highest BCUT2D eigenvalue weighted by atomic mass is 16.5. The van der Waals surface area contributed by atoms with Crippen molar-refractivity contribution in [2.24, 2.45) is 7.05 Å². The van der Waals surface area contributed by atoms with E-state index in [1.165, 1.54) is 7.11 Å². The maximum atomic E-state index is 13.8. The molecule has 0 unspecified atom stereocenters. The number of fused-ring (bicyclic) bond motifs is 2. The lowest BCUT2D eigenvalue weighted by atomic mass is 10.0. The molecule has 0 aliphatic heterocycles. The van der Waals surface area contributed by atoms with E-state index in [1.807, 2.05) is 103 Å². The predicted octanol–water partition coefficient (Wildman–Crippen LogP) is 6.07. The van der Waals surface area contributed by atoms with Gasteiger partial charge in [-0.15, -0.1) is 0 Å². The number of nitrogens with zero attached hydrogens (tertiary/aromatic N) is 5. The number of esters is 1. The minimum Gasteiger partial charge on any atom is -0.473 e. The molecular formula is C37H31N5O5. The Hall–Kier alpha value is -6.16. The van der Waals surface area contributed by atoms with Gasteiger partial charge in [0, 0.05) is 18.5 Å². The highest BCUT2D eigenvalue weighted by Gasteiger charge is 2.19. The lowest BCUT2D eigenvalue weighted by Gasteiger charge is -2.14. The Labute approximate surface area is 270 Å². The average Bonchev–Trinajstić information content (AvgIpc) is 3.63. The summed E-state index contributed by atoms with van der Waals surface area (Å²) < 4.78 is 21.9. The quantitative estimate of drug-likeness (QED) is 0.170. The molecule has 0 spiro atoms. The number of carbonyl (C=O) groups excluding carboxylic acids is 1. The van der Waals surface area contributed by atoms with Crippen molar-refractivity contribution in [1.29, 1.82) is 0 Å². The van der Waals surface area contributed by atoms with Crippen molar-refractivity contribution >= 4 is 27.9 Å². The molecule has 0 N–H and O–H groups in total. The minimum absolute atomic E-state index is 0.0347. The molecule has 0 fully saturated rings. The van der Waals surface area contributed by atoms with Crippen LogP contribution in [0, 0.1) is 0 Å². The summed E-state index contributed by atoms with van der Waals surface area (Å²) in [5.41, 5.74) is 6.41. The molecule has 7 rings (SSSR count). The number of methoxy groups -OCH3 is 1. The van der Waals surface area contributed by atoms with Crippen LogP contribution >= 0.6 is 0 Å². The monoisotopic (exact) mass is 625 g/mol. The van der Waals surface area contributed by atoms with Crippen molar-refractivity contribution in [2.45, 2.75) is 19.8 Å². The molecule has 10 nitrogen and oxygen atoms in total. The van der Waals surface area contributed by atoms with Crippen LogP contribution in [0.3, 0.4) is 0 Å². The third-order valence-electron chi connectivity index (χ3n) is 8.04. The number of ether oxygens (including phenoxy) is 3. The van der Waals surface area contributed by atoms with E-state index < -0.39 is 0 Å². The maximum absolute atomic E-state index is 13.8. The third kappa shape index (κ3) is 5.96. The van der Waals surface area contributed by atoms with E-state index in [2.05, 4.69) is 5.10 Å². The van der Waals surface area contributed by atoms with Crippen LogP contribution in [-0.2, 0) is 36.3 Å². The van der Waals surface area contributed by atoms with E-state index in [4.69, 9.17) is 19.2 Å². The summed E-state index contributed by atoms with van der Waals surface area (Å²) in [6.45, 7) is 0.651. The number of pyridine rings is 1. The Kier molecular flexibility index (Phi) is 7.97. The molecule has 0 bridgehead atoms. The van der Waals surface area contributed by atoms with Crippen LogP contribution in [0.4, 0.5) is 0 Å². The van der Waals surface area contributed by atoms with Crippen LogP contribution < -0.4 is 15.2 Å². The van der Waals surface area contributed by atoms with Gasteiger partial charge in [0.2, 0.25) is 11.8 Å². The van der Waals surface area contributed by atoms with Gasteiger partial charge in [-0.2, -0.15) is 10.1 Å². The van der Waals surface area contributed by atoms with Gasteiger partial charge in [0.05, 0.1) is 29.9 Å². The zero-order chi connectivity index (χ0) is 32.3. The van der Waals surface area contributed by atoms with Gasteiger partial charge < -0.3 is 14.2 Å². The predicted molar refractivity (Wildman–Crippen MR) is 179 cm³/mol. The van der Waals surface area contributed by atoms with Gasteiger partial charge in [0.15, 0.2) is 0 Å². The maximum Gasteiger partial charge on any atom is 0.333 e. The molecule has 3 aromatic heterocycles. The number of benzene rings is 4. The molecule has 0 radical (unpaired) electrons. The fourth-order valence-corrected chi connectivity index (χ4v) is 5.56. The van der Waals surface area contributed by atoms with Gasteiger partial charge >= 0.3 is 11.7 Å². The second-order valence-electron chi connectivity index (χ2n) is 11.1. The second kappa shape index (κ2) is 12.7. The minimum atomic E-state index is -0.367. The molecule has 0 aliphatic rings. The van der Waals surface area contributed by atoms with Gasteiger partial charge in [0.1, 0.15) is 25.4 Å². The zero-order valence-corrected chi connectivity index (χ0v) is 25.9. The van der Waals surface area contributed by atoms with E-state index in [-0.39, 0.29) is 30.7 Å². The van der Waals surface area contributed by atoms with E-state index in [0.717, 1.165) is 38.7 Å². The Morgan fingerprint density at radius 1 is 0.745 bits per heavy atom. The summed E-state index contributed by atoms with van der Waals surface area (Å²) >= 11 is 0. The summed E-state index contributed by atoms with van der Waals surface area (Å²) in [5.74, 6) is 0.308. The average molecular weight is 626 g/mol. The van der Waals surface area contributed by atoms with Crippen LogP contribution in [0.25, 0.3) is 38.8 Å². The summed E-state index contributed by atoms with van der Waals surface area (Å²) in [5, 5.41) is 5.23. The molecule has 0 atom stereocenters. The molecule has 0 amide bonds. The Bertz CT molecular complexity index is 2270. The fraction of sp³-hybridized carbons (Fsp3) is 0.135. The summed E-state index contributed by atoms with van der Waals surface area (Å²) in [7, 11) is 3.11. The van der Waals surface area contributed by atoms with Crippen molar-refractivity contribution in [3.05, 3.63) is 137 Å². The van der Waals surface area contributed by atoms with Gasteiger partial charge in [0.25, 0.3) is 0 Å². The first-order valence-electron chi connectivity index (χ1n) is 15.1. The van der Waals surface area contributed by atoms with E-state index >= 15 is 0 Å². The Morgan fingerprint density at radius 3 is 2.11 bits per heavy atom. The van der Waals surface area contributed by atoms with Crippen LogP contribution in [0.15, 0.2) is 120 Å². The first kappa shape index (κ1) is 29.5. The van der Waals surface area contributed by atoms with Crippen molar-refractivity contribution in [3.63, 3.8) is 0 Å². The molecule has 234 valence electrons.